The number of carbonyl (C=O) groups is 1. The molecule has 8 nitrogen and oxygen atoms in total. The van der Waals surface area contributed by atoms with Crippen molar-refractivity contribution in [3.63, 3.8) is 0 Å². The number of nitrogens with zero attached hydrogens (tertiary/aromatic N) is 3. The quantitative estimate of drug-likeness (QED) is 0.494. The van der Waals surface area contributed by atoms with Crippen LogP contribution in [0.5, 0.6) is 0 Å². The number of anilines is 3. The van der Waals surface area contributed by atoms with Crippen molar-refractivity contribution in [3.05, 3.63) is 59.3 Å². The molecule has 0 spiro atoms. The SMILES string of the molecule is O=C(O)c1cncc(-c2cnc(Nc3ccc(F)c(Cl)c3)nc2NCC2CCCO2)c1. The topological polar surface area (TPSA) is 109 Å². The minimum Gasteiger partial charge on any atom is -0.478 e. The fraction of sp³-hybridized carbons (Fsp3) is 0.238. The fourth-order valence-corrected chi connectivity index (χ4v) is 3.39. The van der Waals surface area contributed by atoms with Gasteiger partial charge in [0.25, 0.3) is 0 Å². The van der Waals surface area contributed by atoms with E-state index in [1.807, 2.05) is 0 Å². The minimum atomic E-state index is -1.07. The highest BCUT2D eigenvalue weighted by molar-refractivity contribution is 6.31. The molecule has 1 atom stereocenters. The number of halogens is 2. The van der Waals surface area contributed by atoms with Crippen molar-refractivity contribution in [1.82, 2.24) is 15.0 Å². The van der Waals surface area contributed by atoms with E-state index in [0.29, 0.717) is 29.2 Å². The Kier molecular flexibility index (Phi) is 6.24. The average molecular weight is 444 g/mol. The van der Waals surface area contributed by atoms with Gasteiger partial charge in [0.2, 0.25) is 5.95 Å². The lowest BCUT2D eigenvalue weighted by atomic mass is 10.1. The van der Waals surface area contributed by atoms with Crippen molar-refractivity contribution in [2.75, 3.05) is 23.8 Å². The zero-order valence-electron chi connectivity index (χ0n) is 16.3. The molecule has 4 rings (SSSR count). The summed E-state index contributed by atoms with van der Waals surface area (Å²) in [6.07, 6.45) is 6.42. The van der Waals surface area contributed by atoms with Crippen LogP contribution in [0, 0.1) is 5.82 Å². The average Bonchev–Trinajstić information content (AvgIpc) is 3.29. The molecule has 3 N–H and O–H groups in total. The number of aromatic carboxylic acids is 1. The third kappa shape index (κ3) is 5.07. The van der Waals surface area contributed by atoms with Gasteiger partial charge in [-0.25, -0.2) is 14.2 Å². The second-order valence-electron chi connectivity index (χ2n) is 6.99. The molecule has 1 saturated heterocycles. The van der Waals surface area contributed by atoms with Gasteiger partial charge in [-0.1, -0.05) is 11.6 Å². The highest BCUT2D eigenvalue weighted by atomic mass is 35.5. The van der Waals surface area contributed by atoms with Gasteiger partial charge in [0.05, 0.1) is 16.7 Å². The first-order valence-corrected chi connectivity index (χ1v) is 10.0. The smallest absolute Gasteiger partial charge is 0.337 e. The molecule has 1 aliphatic heterocycles. The van der Waals surface area contributed by atoms with Crippen LogP contribution in [0.4, 0.5) is 21.8 Å². The molecule has 3 aromatic rings. The van der Waals surface area contributed by atoms with Gasteiger partial charge >= 0.3 is 5.97 Å². The highest BCUT2D eigenvalue weighted by Gasteiger charge is 2.18. The summed E-state index contributed by atoms with van der Waals surface area (Å²) in [7, 11) is 0. The van der Waals surface area contributed by atoms with Crippen LogP contribution in [-0.4, -0.2) is 45.3 Å². The summed E-state index contributed by atoms with van der Waals surface area (Å²) in [4.78, 5) is 24.2. The number of carboxylic acid groups (broad SMARTS) is 1. The molecule has 10 heteroatoms. The van der Waals surface area contributed by atoms with E-state index in [-0.39, 0.29) is 22.6 Å². The molecular weight excluding hydrogens is 425 g/mol. The first kappa shape index (κ1) is 21.0. The van der Waals surface area contributed by atoms with Gasteiger partial charge in [0.15, 0.2) is 0 Å². The van der Waals surface area contributed by atoms with Crippen molar-refractivity contribution in [2.45, 2.75) is 18.9 Å². The Morgan fingerprint density at radius 3 is 2.90 bits per heavy atom. The Bertz CT molecular complexity index is 1110. The number of carboxylic acids is 1. The van der Waals surface area contributed by atoms with Crippen LogP contribution in [0.3, 0.4) is 0 Å². The first-order chi connectivity index (χ1) is 15.0. The third-order valence-electron chi connectivity index (χ3n) is 4.78. The number of ether oxygens (including phenoxy) is 1. The normalized spacial score (nSPS) is 15.6. The molecule has 0 amide bonds. The van der Waals surface area contributed by atoms with E-state index in [1.165, 1.54) is 30.5 Å². The summed E-state index contributed by atoms with van der Waals surface area (Å²) in [6, 6.07) is 5.73. The van der Waals surface area contributed by atoms with Gasteiger partial charge in [-0.05, 0) is 37.1 Å². The van der Waals surface area contributed by atoms with Gasteiger partial charge < -0.3 is 20.5 Å². The second-order valence-corrected chi connectivity index (χ2v) is 7.40. The second kappa shape index (κ2) is 9.23. The molecule has 2 aromatic heterocycles. The van der Waals surface area contributed by atoms with Crippen molar-refractivity contribution >= 4 is 35.0 Å². The van der Waals surface area contributed by atoms with E-state index in [4.69, 9.17) is 16.3 Å². The van der Waals surface area contributed by atoms with Crippen LogP contribution < -0.4 is 10.6 Å². The van der Waals surface area contributed by atoms with Crippen molar-refractivity contribution in [3.8, 4) is 11.1 Å². The number of hydrogen-bond donors (Lipinski definition) is 3. The van der Waals surface area contributed by atoms with E-state index in [1.54, 1.807) is 12.4 Å². The largest absolute Gasteiger partial charge is 0.478 e. The van der Waals surface area contributed by atoms with Crippen LogP contribution in [0.15, 0.2) is 42.9 Å². The number of benzene rings is 1. The number of hydrogen-bond acceptors (Lipinski definition) is 7. The van der Waals surface area contributed by atoms with E-state index in [2.05, 4.69) is 25.6 Å². The maximum Gasteiger partial charge on any atom is 0.337 e. The van der Waals surface area contributed by atoms with Crippen molar-refractivity contribution in [1.29, 1.82) is 0 Å². The molecular formula is C21H19ClFN5O3. The van der Waals surface area contributed by atoms with Crippen LogP contribution in [0.25, 0.3) is 11.1 Å². The summed E-state index contributed by atoms with van der Waals surface area (Å²) >= 11 is 5.84. The maximum absolute atomic E-state index is 13.4. The molecule has 160 valence electrons. The van der Waals surface area contributed by atoms with Crippen molar-refractivity contribution < 1.29 is 19.0 Å². The van der Waals surface area contributed by atoms with Gasteiger partial charge in [0.1, 0.15) is 11.6 Å². The van der Waals surface area contributed by atoms with Crippen LogP contribution in [0.1, 0.15) is 23.2 Å². The summed E-state index contributed by atoms with van der Waals surface area (Å²) < 4.78 is 19.1. The fourth-order valence-electron chi connectivity index (χ4n) is 3.21. The molecule has 3 heterocycles. The monoisotopic (exact) mass is 443 g/mol. The van der Waals surface area contributed by atoms with Crippen LogP contribution in [0.2, 0.25) is 5.02 Å². The summed E-state index contributed by atoms with van der Waals surface area (Å²) in [5.41, 5.74) is 1.74. The zero-order valence-corrected chi connectivity index (χ0v) is 17.1. The van der Waals surface area contributed by atoms with Crippen LogP contribution in [-0.2, 0) is 4.74 Å². The number of nitrogens with one attached hydrogen (secondary N) is 2. The highest BCUT2D eigenvalue weighted by Crippen LogP contribution is 2.29. The van der Waals surface area contributed by atoms with E-state index < -0.39 is 11.8 Å². The molecule has 1 fully saturated rings. The molecule has 0 saturated carbocycles. The zero-order chi connectivity index (χ0) is 21.8. The minimum absolute atomic E-state index is 0.0186. The van der Waals surface area contributed by atoms with Crippen LogP contribution >= 0.6 is 11.6 Å². The van der Waals surface area contributed by atoms with Gasteiger partial charge in [-0.3, -0.25) is 4.98 Å². The number of pyridine rings is 1. The van der Waals surface area contributed by atoms with Gasteiger partial charge in [-0.2, -0.15) is 4.98 Å². The number of aromatic nitrogens is 3. The first-order valence-electron chi connectivity index (χ1n) is 9.63. The molecule has 0 bridgehead atoms. The Labute approximate surface area is 182 Å². The Morgan fingerprint density at radius 1 is 1.29 bits per heavy atom. The molecule has 1 unspecified atom stereocenters. The Morgan fingerprint density at radius 2 is 2.16 bits per heavy atom. The Balaban J connectivity index is 1.65. The summed E-state index contributed by atoms with van der Waals surface area (Å²) in [5, 5.41) is 15.5. The van der Waals surface area contributed by atoms with Gasteiger partial charge in [0, 0.05) is 48.6 Å². The predicted octanol–water partition coefficient (Wildman–Crippen LogP) is 4.36. The lowest BCUT2D eigenvalue weighted by Crippen LogP contribution is -2.19. The predicted molar refractivity (Wildman–Crippen MR) is 114 cm³/mol. The maximum atomic E-state index is 13.4. The summed E-state index contributed by atoms with van der Waals surface area (Å²) in [5.74, 6) is -0.835. The molecule has 0 radical (unpaired) electrons. The van der Waals surface area contributed by atoms with E-state index >= 15 is 0 Å². The van der Waals surface area contributed by atoms with E-state index in [9.17, 15) is 14.3 Å². The summed E-state index contributed by atoms with van der Waals surface area (Å²) in [6.45, 7) is 1.27. The Hall–Kier alpha value is -3.30. The van der Waals surface area contributed by atoms with Gasteiger partial charge in [-0.15, -0.1) is 0 Å². The van der Waals surface area contributed by atoms with E-state index in [0.717, 1.165) is 19.4 Å². The number of rotatable bonds is 7. The third-order valence-corrected chi connectivity index (χ3v) is 5.07. The van der Waals surface area contributed by atoms with Crippen molar-refractivity contribution in [2.24, 2.45) is 0 Å². The lowest BCUT2D eigenvalue weighted by molar-refractivity contribution is 0.0696. The molecule has 31 heavy (non-hydrogen) atoms. The lowest BCUT2D eigenvalue weighted by Gasteiger charge is -2.16. The molecule has 1 aromatic carbocycles. The molecule has 0 aliphatic carbocycles. The molecule has 1 aliphatic rings. The standard InChI is InChI=1S/C21H19ClFN5O3/c22-17-7-14(3-4-18(17)23)27-21-26-11-16(12-6-13(20(29)30)9-24-8-12)19(28-21)25-10-15-2-1-5-31-15/h3-4,6-9,11,15H,1-2,5,10H2,(H,29,30)(H2,25,26,27,28).